The van der Waals surface area contributed by atoms with Crippen molar-refractivity contribution in [2.75, 3.05) is 23.8 Å². The van der Waals surface area contributed by atoms with Crippen molar-refractivity contribution in [2.45, 2.75) is 39.8 Å². The SMILES string of the molecule is CC(C)[C@@H](CO)NC(=O)C(=O)Nc1ccccc1NC(=O)C(=O)N[C@H](CO)C(C)C. The first-order chi connectivity index (χ1) is 14.1. The summed E-state index contributed by atoms with van der Waals surface area (Å²) in [5.41, 5.74) is 0.234. The summed E-state index contributed by atoms with van der Waals surface area (Å²) in [6, 6.07) is 4.90. The number of hydrogen-bond acceptors (Lipinski definition) is 6. The Hall–Kier alpha value is -2.98. The Kier molecular flexibility index (Phi) is 9.93. The second kappa shape index (κ2) is 11.9. The number of nitrogens with one attached hydrogen (secondary N) is 4. The van der Waals surface area contributed by atoms with E-state index < -0.39 is 35.7 Å². The van der Waals surface area contributed by atoms with Crippen LogP contribution in [0.4, 0.5) is 11.4 Å². The molecule has 0 aromatic heterocycles. The number of aliphatic hydroxyl groups excluding tert-OH is 2. The number of para-hydroxylation sites is 2. The Morgan fingerprint density at radius 3 is 1.30 bits per heavy atom. The number of hydrogen-bond donors (Lipinski definition) is 6. The van der Waals surface area contributed by atoms with Gasteiger partial charge in [0.05, 0.1) is 36.7 Å². The van der Waals surface area contributed by atoms with E-state index in [9.17, 15) is 29.4 Å². The predicted octanol–water partition coefficient (Wildman–Crippen LogP) is -0.170. The highest BCUT2D eigenvalue weighted by Crippen LogP contribution is 2.21. The lowest BCUT2D eigenvalue weighted by Crippen LogP contribution is -2.46. The molecule has 1 rings (SSSR count). The number of carbonyl (C=O) groups excluding carboxylic acids is 4. The molecule has 10 heteroatoms. The molecule has 0 aliphatic heterocycles. The summed E-state index contributed by atoms with van der Waals surface area (Å²) in [6.45, 7) is 6.52. The lowest BCUT2D eigenvalue weighted by atomic mass is 10.1. The summed E-state index contributed by atoms with van der Waals surface area (Å²) >= 11 is 0. The van der Waals surface area contributed by atoms with E-state index in [-0.39, 0.29) is 36.4 Å². The van der Waals surface area contributed by atoms with Crippen LogP contribution < -0.4 is 21.3 Å². The quantitative estimate of drug-likeness (QED) is 0.319. The van der Waals surface area contributed by atoms with Gasteiger partial charge in [0, 0.05) is 0 Å². The third kappa shape index (κ3) is 7.45. The van der Waals surface area contributed by atoms with Crippen LogP contribution in [0.5, 0.6) is 0 Å². The van der Waals surface area contributed by atoms with E-state index in [1.807, 2.05) is 0 Å². The van der Waals surface area contributed by atoms with Gasteiger partial charge in [0.15, 0.2) is 0 Å². The minimum absolute atomic E-state index is 0.0783. The third-order valence-corrected chi connectivity index (χ3v) is 4.47. The highest BCUT2D eigenvalue weighted by molar-refractivity contribution is 6.41. The molecule has 30 heavy (non-hydrogen) atoms. The Morgan fingerprint density at radius 1 is 0.700 bits per heavy atom. The molecule has 166 valence electrons. The van der Waals surface area contributed by atoms with Crippen LogP contribution in [0.1, 0.15) is 27.7 Å². The molecule has 4 amide bonds. The highest BCUT2D eigenvalue weighted by atomic mass is 16.3. The summed E-state index contributed by atoms with van der Waals surface area (Å²) < 4.78 is 0. The van der Waals surface area contributed by atoms with Crippen LogP contribution in [-0.2, 0) is 19.2 Å². The van der Waals surface area contributed by atoms with Crippen molar-refractivity contribution < 1.29 is 29.4 Å². The molecule has 0 spiro atoms. The van der Waals surface area contributed by atoms with Crippen LogP contribution in [0.25, 0.3) is 0 Å². The first-order valence-corrected chi connectivity index (χ1v) is 9.65. The van der Waals surface area contributed by atoms with Crippen molar-refractivity contribution in [1.82, 2.24) is 10.6 Å². The number of anilines is 2. The van der Waals surface area contributed by atoms with Crippen molar-refractivity contribution in [2.24, 2.45) is 11.8 Å². The average molecular weight is 422 g/mol. The first kappa shape index (κ1) is 25.1. The highest BCUT2D eigenvalue weighted by Gasteiger charge is 2.23. The van der Waals surface area contributed by atoms with Crippen molar-refractivity contribution >= 4 is 35.0 Å². The van der Waals surface area contributed by atoms with Gasteiger partial charge in [-0.1, -0.05) is 39.8 Å². The molecule has 0 aliphatic carbocycles. The minimum atomic E-state index is -0.986. The van der Waals surface area contributed by atoms with Gasteiger partial charge < -0.3 is 31.5 Å². The van der Waals surface area contributed by atoms with E-state index in [4.69, 9.17) is 0 Å². The molecule has 0 fully saturated rings. The number of amides is 4. The molecule has 0 bridgehead atoms. The predicted molar refractivity (Wildman–Crippen MR) is 111 cm³/mol. The molecule has 0 heterocycles. The summed E-state index contributed by atoms with van der Waals surface area (Å²) in [4.78, 5) is 48.5. The topological polar surface area (TPSA) is 157 Å². The van der Waals surface area contributed by atoms with Crippen molar-refractivity contribution in [3.63, 3.8) is 0 Å². The Balaban J connectivity index is 2.82. The van der Waals surface area contributed by atoms with Gasteiger partial charge in [-0.3, -0.25) is 19.2 Å². The molecule has 1 aromatic carbocycles. The molecule has 0 saturated carbocycles. The standard InChI is InChI=1S/C20H30N4O6/c1-11(2)15(9-25)23-19(29)17(27)21-13-7-5-6-8-14(13)22-18(28)20(30)24-16(10-26)12(3)4/h5-8,11-12,15-16,25-26H,9-10H2,1-4H3,(H,21,27)(H,22,28)(H,23,29)(H,24,30)/t15-,16-/m1/s1. The molecule has 2 atom stereocenters. The Morgan fingerprint density at radius 2 is 1.03 bits per heavy atom. The van der Waals surface area contributed by atoms with Gasteiger partial charge in [-0.2, -0.15) is 0 Å². The first-order valence-electron chi connectivity index (χ1n) is 9.65. The number of carbonyl (C=O) groups is 4. The van der Waals surface area contributed by atoms with Crippen LogP contribution in [0.15, 0.2) is 24.3 Å². The molecule has 6 N–H and O–H groups in total. The summed E-state index contributed by atoms with van der Waals surface area (Å²) in [6.07, 6.45) is 0. The monoisotopic (exact) mass is 422 g/mol. The van der Waals surface area contributed by atoms with Crippen LogP contribution in [0, 0.1) is 11.8 Å². The van der Waals surface area contributed by atoms with E-state index in [1.54, 1.807) is 39.8 Å². The number of rotatable bonds is 8. The molecular formula is C20H30N4O6. The second-order valence-electron chi connectivity index (χ2n) is 7.47. The van der Waals surface area contributed by atoms with Crippen molar-refractivity contribution in [3.8, 4) is 0 Å². The Bertz CT molecular complexity index is 702. The van der Waals surface area contributed by atoms with Gasteiger partial charge in [-0.05, 0) is 24.0 Å². The molecule has 0 saturated heterocycles. The molecule has 1 aromatic rings. The lowest BCUT2D eigenvalue weighted by Gasteiger charge is -2.20. The van der Waals surface area contributed by atoms with E-state index in [0.717, 1.165) is 0 Å². The fraction of sp³-hybridized carbons (Fsp3) is 0.500. The summed E-state index contributed by atoms with van der Waals surface area (Å²) in [7, 11) is 0. The van der Waals surface area contributed by atoms with Crippen LogP contribution >= 0.6 is 0 Å². The summed E-state index contributed by atoms with van der Waals surface area (Å²) in [5, 5.41) is 28.2. The minimum Gasteiger partial charge on any atom is -0.394 e. The van der Waals surface area contributed by atoms with E-state index in [1.165, 1.54) is 12.1 Å². The molecule has 10 nitrogen and oxygen atoms in total. The zero-order valence-corrected chi connectivity index (χ0v) is 17.6. The maximum atomic E-state index is 12.2. The van der Waals surface area contributed by atoms with Crippen LogP contribution in [0.2, 0.25) is 0 Å². The van der Waals surface area contributed by atoms with Crippen LogP contribution in [0.3, 0.4) is 0 Å². The smallest absolute Gasteiger partial charge is 0.313 e. The third-order valence-electron chi connectivity index (χ3n) is 4.47. The maximum absolute atomic E-state index is 12.2. The van der Waals surface area contributed by atoms with Crippen molar-refractivity contribution in [1.29, 1.82) is 0 Å². The van der Waals surface area contributed by atoms with Gasteiger partial charge in [0.25, 0.3) is 0 Å². The fourth-order valence-electron chi connectivity index (χ4n) is 2.37. The zero-order chi connectivity index (χ0) is 22.8. The van der Waals surface area contributed by atoms with Gasteiger partial charge in [-0.15, -0.1) is 0 Å². The van der Waals surface area contributed by atoms with Gasteiger partial charge in [0.2, 0.25) is 0 Å². The van der Waals surface area contributed by atoms with Gasteiger partial charge in [0.1, 0.15) is 0 Å². The van der Waals surface area contributed by atoms with Crippen molar-refractivity contribution in [3.05, 3.63) is 24.3 Å². The molecular weight excluding hydrogens is 392 g/mol. The summed E-state index contributed by atoms with van der Waals surface area (Å²) in [5.74, 6) is -4.01. The van der Waals surface area contributed by atoms with E-state index in [0.29, 0.717) is 0 Å². The fourth-order valence-corrected chi connectivity index (χ4v) is 2.37. The largest absolute Gasteiger partial charge is 0.394 e. The number of aliphatic hydroxyl groups is 2. The normalized spacial score (nSPS) is 12.8. The zero-order valence-electron chi connectivity index (χ0n) is 17.6. The Labute approximate surface area is 175 Å². The number of benzene rings is 1. The molecule has 0 unspecified atom stereocenters. The molecule has 0 aliphatic rings. The lowest BCUT2D eigenvalue weighted by molar-refractivity contribution is -0.137. The van der Waals surface area contributed by atoms with Gasteiger partial charge >= 0.3 is 23.6 Å². The average Bonchev–Trinajstić information content (AvgIpc) is 2.70. The maximum Gasteiger partial charge on any atom is 0.313 e. The van der Waals surface area contributed by atoms with Crippen LogP contribution in [-0.4, -0.2) is 59.1 Å². The van der Waals surface area contributed by atoms with Gasteiger partial charge in [-0.25, -0.2) is 0 Å². The van der Waals surface area contributed by atoms with E-state index in [2.05, 4.69) is 21.3 Å². The second-order valence-corrected chi connectivity index (χ2v) is 7.47. The molecule has 0 radical (unpaired) electrons. The van der Waals surface area contributed by atoms with E-state index >= 15 is 0 Å².